The number of aryl methyl sites for hydroxylation is 1. The molecule has 0 unspecified atom stereocenters. The van der Waals surface area contributed by atoms with Gasteiger partial charge in [0.15, 0.2) is 0 Å². The molecular formula is C17H17N3OS. The Morgan fingerprint density at radius 1 is 1.14 bits per heavy atom. The van der Waals surface area contributed by atoms with E-state index >= 15 is 0 Å². The molecule has 1 aromatic carbocycles. The van der Waals surface area contributed by atoms with Crippen LogP contribution in [0.25, 0.3) is 10.6 Å². The number of aromatic nitrogens is 2. The molecule has 0 aliphatic rings. The number of rotatable bonds is 6. The monoisotopic (exact) mass is 311 g/mol. The van der Waals surface area contributed by atoms with Gasteiger partial charge in [0.05, 0.1) is 0 Å². The van der Waals surface area contributed by atoms with E-state index in [9.17, 15) is 4.79 Å². The van der Waals surface area contributed by atoms with E-state index in [4.69, 9.17) is 0 Å². The number of benzene rings is 1. The molecule has 3 rings (SSSR count). The van der Waals surface area contributed by atoms with Crippen molar-refractivity contribution in [2.45, 2.75) is 13.0 Å². The quantitative estimate of drug-likeness (QED) is 0.709. The molecule has 0 aliphatic heterocycles. The molecule has 1 amide bonds. The average molecular weight is 311 g/mol. The Morgan fingerprint density at radius 2 is 1.91 bits per heavy atom. The molecule has 0 fully saturated rings. The van der Waals surface area contributed by atoms with Crippen molar-refractivity contribution in [3.05, 3.63) is 65.9 Å². The van der Waals surface area contributed by atoms with E-state index < -0.39 is 0 Å². The first kappa shape index (κ1) is 14.5. The van der Waals surface area contributed by atoms with E-state index in [0.29, 0.717) is 12.2 Å². The standard InChI is InChI=1S/C17H17N3OS/c21-16(18-9-6-12-20-10-4-5-11-20)15-13-22-17(19-15)14-7-2-1-3-8-14/h1-5,7-8,10-11,13H,6,9,12H2,(H,18,21). The van der Waals surface area contributed by atoms with Crippen LogP contribution in [0.15, 0.2) is 60.2 Å². The highest BCUT2D eigenvalue weighted by molar-refractivity contribution is 7.13. The molecule has 4 nitrogen and oxygen atoms in total. The average Bonchev–Trinajstić information content (AvgIpc) is 3.24. The highest BCUT2D eigenvalue weighted by Gasteiger charge is 2.10. The third-order valence-electron chi connectivity index (χ3n) is 3.30. The van der Waals surface area contributed by atoms with Crippen molar-refractivity contribution >= 4 is 17.2 Å². The van der Waals surface area contributed by atoms with Crippen LogP contribution in [0.2, 0.25) is 0 Å². The lowest BCUT2D eigenvalue weighted by atomic mass is 10.2. The molecule has 2 aromatic heterocycles. The summed E-state index contributed by atoms with van der Waals surface area (Å²) < 4.78 is 2.10. The molecule has 0 saturated heterocycles. The highest BCUT2D eigenvalue weighted by Crippen LogP contribution is 2.23. The van der Waals surface area contributed by atoms with Gasteiger partial charge in [-0.25, -0.2) is 4.98 Å². The lowest BCUT2D eigenvalue weighted by Gasteiger charge is -2.04. The minimum absolute atomic E-state index is 0.106. The molecule has 0 aliphatic carbocycles. The minimum atomic E-state index is -0.106. The molecule has 0 spiro atoms. The second-order valence-corrected chi connectivity index (χ2v) is 5.79. The molecule has 0 saturated carbocycles. The zero-order valence-corrected chi connectivity index (χ0v) is 12.9. The summed E-state index contributed by atoms with van der Waals surface area (Å²) in [5.74, 6) is -0.106. The van der Waals surface area contributed by atoms with E-state index in [2.05, 4.69) is 14.9 Å². The van der Waals surface area contributed by atoms with Crippen LogP contribution in [0.4, 0.5) is 0 Å². The molecule has 2 heterocycles. The van der Waals surface area contributed by atoms with Crippen molar-refractivity contribution in [1.82, 2.24) is 14.9 Å². The number of amides is 1. The van der Waals surface area contributed by atoms with Gasteiger partial charge in [-0.2, -0.15) is 0 Å². The predicted molar refractivity (Wildman–Crippen MR) is 88.9 cm³/mol. The molecular weight excluding hydrogens is 294 g/mol. The summed E-state index contributed by atoms with van der Waals surface area (Å²) in [6, 6.07) is 13.9. The van der Waals surface area contributed by atoms with Crippen molar-refractivity contribution in [2.75, 3.05) is 6.54 Å². The summed E-state index contributed by atoms with van der Waals surface area (Å²) in [4.78, 5) is 16.5. The Labute approximate surface area is 133 Å². The molecule has 0 atom stereocenters. The number of carbonyl (C=O) groups excluding carboxylic acids is 1. The molecule has 1 N–H and O–H groups in total. The van der Waals surface area contributed by atoms with Crippen molar-refractivity contribution in [3.63, 3.8) is 0 Å². The van der Waals surface area contributed by atoms with Crippen LogP contribution in [-0.4, -0.2) is 22.0 Å². The summed E-state index contributed by atoms with van der Waals surface area (Å²) in [6.07, 6.45) is 4.94. The van der Waals surface area contributed by atoms with Gasteiger partial charge >= 0.3 is 0 Å². The van der Waals surface area contributed by atoms with Gasteiger partial charge in [-0.05, 0) is 18.6 Å². The Bertz CT molecular complexity index is 719. The largest absolute Gasteiger partial charge is 0.354 e. The third kappa shape index (κ3) is 3.62. The van der Waals surface area contributed by atoms with Gasteiger partial charge in [-0.3, -0.25) is 4.79 Å². The normalized spacial score (nSPS) is 10.5. The first-order chi connectivity index (χ1) is 10.8. The molecule has 5 heteroatoms. The van der Waals surface area contributed by atoms with Gasteiger partial charge in [-0.15, -0.1) is 11.3 Å². The lowest BCUT2D eigenvalue weighted by molar-refractivity contribution is 0.0948. The van der Waals surface area contributed by atoms with Crippen molar-refractivity contribution in [2.24, 2.45) is 0 Å². The molecule has 0 radical (unpaired) electrons. The van der Waals surface area contributed by atoms with E-state index in [1.54, 1.807) is 0 Å². The van der Waals surface area contributed by atoms with Gasteiger partial charge < -0.3 is 9.88 Å². The van der Waals surface area contributed by atoms with E-state index in [1.807, 2.05) is 60.2 Å². The Morgan fingerprint density at radius 3 is 2.68 bits per heavy atom. The summed E-state index contributed by atoms with van der Waals surface area (Å²) in [6.45, 7) is 1.55. The van der Waals surface area contributed by atoms with Gasteiger partial charge in [0.2, 0.25) is 0 Å². The molecule has 0 bridgehead atoms. The van der Waals surface area contributed by atoms with Crippen LogP contribution < -0.4 is 5.32 Å². The van der Waals surface area contributed by atoms with Crippen LogP contribution in [0.1, 0.15) is 16.9 Å². The van der Waals surface area contributed by atoms with Crippen LogP contribution in [0, 0.1) is 0 Å². The Balaban J connectivity index is 1.51. The maximum atomic E-state index is 12.1. The first-order valence-corrected chi connectivity index (χ1v) is 8.11. The summed E-state index contributed by atoms with van der Waals surface area (Å²) in [5.41, 5.74) is 1.53. The van der Waals surface area contributed by atoms with Gasteiger partial charge in [0.25, 0.3) is 5.91 Å². The number of nitrogens with zero attached hydrogens (tertiary/aromatic N) is 2. The zero-order valence-electron chi connectivity index (χ0n) is 12.1. The number of carbonyl (C=O) groups is 1. The first-order valence-electron chi connectivity index (χ1n) is 7.23. The molecule has 22 heavy (non-hydrogen) atoms. The van der Waals surface area contributed by atoms with Crippen molar-refractivity contribution in [1.29, 1.82) is 0 Å². The number of nitrogens with one attached hydrogen (secondary N) is 1. The van der Waals surface area contributed by atoms with Crippen molar-refractivity contribution < 1.29 is 4.79 Å². The van der Waals surface area contributed by atoms with Crippen molar-refractivity contribution in [3.8, 4) is 10.6 Å². The third-order valence-corrected chi connectivity index (χ3v) is 4.19. The van der Waals surface area contributed by atoms with E-state index in [-0.39, 0.29) is 5.91 Å². The smallest absolute Gasteiger partial charge is 0.270 e. The van der Waals surface area contributed by atoms with Gasteiger partial charge in [0, 0.05) is 36.4 Å². The predicted octanol–water partition coefficient (Wildman–Crippen LogP) is 3.43. The lowest BCUT2D eigenvalue weighted by Crippen LogP contribution is -2.25. The van der Waals surface area contributed by atoms with Crippen LogP contribution in [0.5, 0.6) is 0 Å². The SMILES string of the molecule is O=C(NCCCn1cccc1)c1csc(-c2ccccc2)n1. The zero-order chi connectivity index (χ0) is 15.2. The van der Waals surface area contributed by atoms with E-state index in [0.717, 1.165) is 23.5 Å². The van der Waals surface area contributed by atoms with Crippen LogP contribution in [0.3, 0.4) is 0 Å². The van der Waals surface area contributed by atoms with Crippen LogP contribution >= 0.6 is 11.3 Å². The minimum Gasteiger partial charge on any atom is -0.354 e. The Kier molecular flexibility index (Phi) is 4.65. The second kappa shape index (κ2) is 7.04. The topological polar surface area (TPSA) is 46.9 Å². The number of thiazole rings is 1. The van der Waals surface area contributed by atoms with Crippen LogP contribution in [-0.2, 0) is 6.54 Å². The van der Waals surface area contributed by atoms with Gasteiger partial charge in [0.1, 0.15) is 10.7 Å². The van der Waals surface area contributed by atoms with E-state index in [1.165, 1.54) is 11.3 Å². The second-order valence-electron chi connectivity index (χ2n) is 4.93. The summed E-state index contributed by atoms with van der Waals surface area (Å²) in [5, 5.41) is 5.60. The fourth-order valence-electron chi connectivity index (χ4n) is 2.16. The number of hydrogen-bond acceptors (Lipinski definition) is 3. The molecule has 3 aromatic rings. The number of hydrogen-bond donors (Lipinski definition) is 1. The van der Waals surface area contributed by atoms with Gasteiger partial charge in [-0.1, -0.05) is 30.3 Å². The molecule has 112 valence electrons. The summed E-state index contributed by atoms with van der Waals surface area (Å²) >= 11 is 1.49. The summed E-state index contributed by atoms with van der Waals surface area (Å²) in [7, 11) is 0. The maximum Gasteiger partial charge on any atom is 0.270 e. The highest BCUT2D eigenvalue weighted by atomic mass is 32.1. The maximum absolute atomic E-state index is 12.1. The fourth-order valence-corrected chi connectivity index (χ4v) is 2.97. The fraction of sp³-hybridized carbons (Fsp3) is 0.176. The Hall–Kier alpha value is -2.40.